The Hall–Kier alpha value is -2.44. The third-order valence-corrected chi connectivity index (χ3v) is 4.62. The van der Waals surface area contributed by atoms with Crippen LogP contribution in [-0.2, 0) is 20.7 Å². The number of piperazine rings is 1. The number of ether oxygens (including phenoxy) is 2. The molecule has 0 bridgehead atoms. The first-order valence-electron chi connectivity index (χ1n) is 9.89. The van der Waals surface area contributed by atoms with Crippen molar-refractivity contribution in [2.75, 3.05) is 36.8 Å². The topological polar surface area (TPSA) is 85.1 Å². The third-order valence-electron chi connectivity index (χ3n) is 4.62. The Morgan fingerprint density at radius 3 is 2.39 bits per heavy atom. The number of rotatable bonds is 5. The van der Waals surface area contributed by atoms with Crippen molar-refractivity contribution in [2.24, 2.45) is 0 Å². The lowest BCUT2D eigenvalue weighted by Crippen LogP contribution is -2.50. The van der Waals surface area contributed by atoms with Crippen molar-refractivity contribution in [3.8, 4) is 0 Å². The minimum absolute atomic E-state index is 0.102. The SMILES string of the molecule is CCC(C)OC(=O)Cc1cc(N)ccc1N1CCN(C(=O)OC(C)(C)C)CC1. The van der Waals surface area contributed by atoms with Crippen LogP contribution in [0.15, 0.2) is 18.2 Å². The Bertz CT molecular complexity index is 691. The molecule has 1 unspecified atom stereocenters. The second-order valence-electron chi connectivity index (χ2n) is 8.23. The van der Waals surface area contributed by atoms with E-state index in [1.807, 2.05) is 52.8 Å². The predicted octanol–water partition coefficient (Wildman–Crippen LogP) is 3.21. The zero-order valence-corrected chi connectivity index (χ0v) is 17.7. The highest BCUT2D eigenvalue weighted by Gasteiger charge is 2.27. The first-order valence-corrected chi connectivity index (χ1v) is 9.89. The summed E-state index contributed by atoms with van der Waals surface area (Å²) >= 11 is 0. The van der Waals surface area contributed by atoms with Gasteiger partial charge in [0.05, 0.1) is 12.5 Å². The summed E-state index contributed by atoms with van der Waals surface area (Å²) in [7, 11) is 0. The molecule has 2 rings (SSSR count). The molecule has 1 saturated heterocycles. The van der Waals surface area contributed by atoms with Crippen LogP contribution in [0.25, 0.3) is 0 Å². The van der Waals surface area contributed by atoms with Gasteiger partial charge >= 0.3 is 12.1 Å². The highest BCUT2D eigenvalue weighted by Crippen LogP contribution is 2.26. The van der Waals surface area contributed by atoms with E-state index >= 15 is 0 Å². The van der Waals surface area contributed by atoms with Crippen molar-refractivity contribution >= 4 is 23.4 Å². The van der Waals surface area contributed by atoms with Gasteiger partial charge in [0.25, 0.3) is 0 Å². The standard InChI is InChI=1S/C21H33N3O4/c1-6-15(2)27-19(25)14-16-13-17(22)7-8-18(16)23-9-11-24(12-10-23)20(26)28-21(3,4)5/h7-8,13,15H,6,9-12,14,22H2,1-5H3. The molecular formula is C21H33N3O4. The number of nitrogens with two attached hydrogens (primary N) is 1. The number of hydrogen-bond acceptors (Lipinski definition) is 6. The van der Waals surface area contributed by atoms with Gasteiger partial charge in [-0.15, -0.1) is 0 Å². The zero-order valence-electron chi connectivity index (χ0n) is 17.7. The average Bonchev–Trinajstić information content (AvgIpc) is 2.60. The van der Waals surface area contributed by atoms with Gasteiger partial charge in [0.1, 0.15) is 5.60 Å². The van der Waals surface area contributed by atoms with E-state index < -0.39 is 5.60 Å². The summed E-state index contributed by atoms with van der Waals surface area (Å²) < 4.78 is 10.9. The minimum Gasteiger partial charge on any atom is -0.462 e. The van der Waals surface area contributed by atoms with Crippen LogP contribution in [-0.4, -0.2) is 54.8 Å². The molecule has 0 saturated carbocycles. The summed E-state index contributed by atoms with van der Waals surface area (Å²) in [6.07, 6.45) is 0.565. The Morgan fingerprint density at radius 1 is 1.18 bits per heavy atom. The second kappa shape index (κ2) is 9.17. The predicted molar refractivity (Wildman–Crippen MR) is 110 cm³/mol. The third kappa shape index (κ3) is 6.32. The normalized spacial score (nSPS) is 15.9. The van der Waals surface area contributed by atoms with Gasteiger partial charge in [-0.3, -0.25) is 4.79 Å². The van der Waals surface area contributed by atoms with Crippen LogP contribution in [0.5, 0.6) is 0 Å². The van der Waals surface area contributed by atoms with E-state index in [4.69, 9.17) is 15.2 Å². The molecule has 7 nitrogen and oxygen atoms in total. The van der Waals surface area contributed by atoms with Crippen LogP contribution in [0.3, 0.4) is 0 Å². The molecule has 0 aliphatic carbocycles. The minimum atomic E-state index is -0.506. The maximum absolute atomic E-state index is 12.3. The van der Waals surface area contributed by atoms with E-state index in [0.717, 1.165) is 17.7 Å². The molecule has 2 N–H and O–H groups in total. The highest BCUT2D eigenvalue weighted by molar-refractivity contribution is 5.77. The summed E-state index contributed by atoms with van der Waals surface area (Å²) in [4.78, 5) is 28.4. The molecule has 28 heavy (non-hydrogen) atoms. The van der Waals surface area contributed by atoms with Gasteiger partial charge in [0.2, 0.25) is 0 Å². The van der Waals surface area contributed by atoms with Crippen LogP contribution >= 0.6 is 0 Å². The summed E-state index contributed by atoms with van der Waals surface area (Å²) in [5.74, 6) is -0.256. The van der Waals surface area contributed by atoms with Crippen molar-refractivity contribution in [1.29, 1.82) is 0 Å². The largest absolute Gasteiger partial charge is 0.462 e. The first kappa shape index (κ1) is 21.9. The number of esters is 1. The molecule has 1 amide bonds. The van der Waals surface area contributed by atoms with Crippen molar-refractivity contribution in [1.82, 2.24) is 4.90 Å². The molecule has 0 aromatic heterocycles. The van der Waals surface area contributed by atoms with E-state index in [9.17, 15) is 9.59 Å². The lowest BCUT2D eigenvalue weighted by atomic mass is 10.1. The smallest absolute Gasteiger partial charge is 0.410 e. The number of carbonyl (C=O) groups excluding carboxylic acids is 2. The Kier molecular flexibility index (Phi) is 7.16. The van der Waals surface area contributed by atoms with Gasteiger partial charge in [-0.2, -0.15) is 0 Å². The van der Waals surface area contributed by atoms with E-state index in [1.165, 1.54) is 0 Å². The summed E-state index contributed by atoms with van der Waals surface area (Å²) in [5, 5.41) is 0. The number of carbonyl (C=O) groups is 2. The molecule has 1 aromatic rings. The molecule has 156 valence electrons. The Morgan fingerprint density at radius 2 is 1.82 bits per heavy atom. The molecule has 0 radical (unpaired) electrons. The van der Waals surface area contributed by atoms with Crippen molar-refractivity contribution in [2.45, 2.75) is 59.2 Å². The fraction of sp³-hybridized carbons (Fsp3) is 0.619. The number of amides is 1. The molecular weight excluding hydrogens is 358 g/mol. The number of nitrogens with zero attached hydrogens (tertiary/aromatic N) is 2. The van der Waals surface area contributed by atoms with Gasteiger partial charge in [-0.1, -0.05) is 6.92 Å². The molecule has 7 heteroatoms. The fourth-order valence-electron chi connectivity index (χ4n) is 3.02. The fourth-order valence-corrected chi connectivity index (χ4v) is 3.02. The number of benzene rings is 1. The number of hydrogen-bond donors (Lipinski definition) is 1. The summed E-state index contributed by atoms with van der Waals surface area (Å²) in [6.45, 7) is 11.9. The molecule has 1 aliphatic heterocycles. The molecule has 1 fully saturated rings. The second-order valence-corrected chi connectivity index (χ2v) is 8.23. The van der Waals surface area contributed by atoms with Gasteiger partial charge < -0.3 is 25.0 Å². The number of nitrogen functional groups attached to an aromatic ring is 1. The first-order chi connectivity index (χ1) is 13.1. The van der Waals surface area contributed by atoms with E-state index in [1.54, 1.807) is 4.90 Å². The quantitative estimate of drug-likeness (QED) is 0.613. The Labute approximate surface area is 167 Å². The van der Waals surface area contributed by atoms with Crippen LogP contribution in [0, 0.1) is 0 Å². The van der Waals surface area contributed by atoms with Gasteiger partial charge in [-0.25, -0.2) is 4.79 Å². The molecule has 0 spiro atoms. The Balaban J connectivity index is 2.04. The lowest BCUT2D eigenvalue weighted by Gasteiger charge is -2.37. The van der Waals surface area contributed by atoms with Crippen LogP contribution < -0.4 is 10.6 Å². The monoisotopic (exact) mass is 391 g/mol. The highest BCUT2D eigenvalue weighted by atomic mass is 16.6. The van der Waals surface area contributed by atoms with Crippen LogP contribution in [0.4, 0.5) is 16.2 Å². The van der Waals surface area contributed by atoms with Crippen molar-refractivity contribution in [3.05, 3.63) is 23.8 Å². The lowest BCUT2D eigenvalue weighted by molar-refractivity contribution is -0.147. The van der Waals surface area contributed by atoms with E-state index in [-0.39, 0.29) is 24.6 Å². The molecule has 1 atom stereocenters. The van der Waals surface area contributed by atoms with Crippen LogP contribution in [0.2, 0.25) is 0 Å². The summed E-state index contributed by atoms with van der Waals surface area (Å²) in [5.41, 5.74) is 7.85. The van der Waals surface area contributed by atoms with E-state index in [0.29, 0.717) is 31.9 Å². The van der Waals surface area contributed by atoms with Crippen molar-refractivity contribution in [3.63, 3.8) is 0 Å². The molecule has 1 heterocycles. The van der Waals surface area contributed by atoms with Gasteiger partial charge in [0, 0.05) is 37.6 Å². The maximum Gasteiger partial charge on any atom is 0.410 e. The van der Waals surface area contributed by atoms with E-state index in [2.05, 4.69) is 4.90 Å². The summed E-state index contributed by atoms with van der Waals surface area (Å²) in [6, 6.07) is 5.59. The molecule has 1 aliphatic rings. The van der Waals surface area contributed by atoms with Gasteiger partial charge in [-0.05, 0) is 57.9 Å². The maximum atomic E-state index is 12.3. The van der Waals surface area contributed by atoms with Crippen LogP contribution in [0.1, 0.15) is 46.6 Å². The van der Waals surface area contributed by atoms with Crippen molar-refractivity contribution < 1.29 is 19.1 Å². The zero-order chi connectivity index (χ0) is 20.9. The average molecular weight is 392 g/mol. The number of anilines is 2. The molecule has 1 aromatic carbocycles. The van der Waals surface area contributed by atoms with Gasteiger partial charge in [0.15, 0.2) is 0 Å².